The van der Waals surface area contributed by atoms with Crippen molar-refractivity contribution in [3.05, 3.63) is 67.6 Å². The van der Waals surface area contributed by atoms with Gasteiger partial charge < -0.3 is 9.68 Å². The summed E-state index contributed by atoms with van der Waals surface area (Å²) in [6, 6.07) is 10.2. The normalized spacial score (nSPS) is 27.6. The Kier molecular flexibility index (Phi) is 4.32. The molecule has 3 aliphatic rings. The molecule has 2 aliphatic heterocycles. The van der Waals surface area contributed by atoms with Crippen molar-refractivity contribution in [2.45, 2.75) is 12.2 Å². The molecule has 0 spiro atoms. The third-order valence-electron chi connectivity index (χ3n) is 5.18. The molecule has 0 unspecified atom stereocenters. The van der Waals surface area contributed by atoms with Crippen molar-refractivity contribution >= 4 is 63.6 Å². The summed E-state index contributed by atoms with van der Waals surface area (Å²) >= 11 is 25.3. The van der Waals surface area contributed by atoms with E-state index in [-0.39, 0.29) is 5.78 Å². The number of hydrogen-bond donors (Lipinski definition) is 0. The number of halogens is 4. The number of carbonyl (C=O) groups excluding carboxylic acids is 1. The predicted octanol–water partition coefficient (Wildman–Crippen LogP) is 5.02. The number of ketones is 1. The lowest BCUT2D eigenvalue weighted by atomic mass is 9.88. The third kappa shape index (κ3) is 2.50. The second-order valence-electron chi connectivity index (χ2n) is 6.65. The van der Waals surface area contributed by atoms with Crippen molar-refractivity contribution in [2.24, 2.45) is 22.1 Å². The second-order valence-corrected chi connectivity index (χ2v) is 8.28. The highest BCUT2D eigenvalue weighted by molar-refractivity contribution is 6.42. The first-order chi connectivity index (χ1) is 13.5. The van der Waals surface area contributed by atoms with Crippen LogP contribution in [0.25, 0.3) is 0 Å². The highest BCUT2D eigenvalue weighted by atomic mass is 35.5. The molecule has 1 fully saturated rings. The monoisotopic (exact) mass is 454 g/mol. The van der Waals surface area contributed by atoms with Gasteiger partial charge in [-0.2, -0.15) is 0 Å². The number of oxime groups is 2. The van der Waals surface area contributed by atoms with Gasteiger partial charge in [0.2, 0.25) is 0 Å². The van der Waals surface area contributed by atoms with Gasteiger partial charge in [-0.05, 0) is 24.3 Å². The minimum Gasteiger partial charge on any atom is -0.390 e. The second kappa shape index (κ2) is 6.63. The van der Waals surface area contributed by atoms with E-state index in [1.54, 1.807) is 36.4 Å². The molecule has 2 aromatic carbocycles. The van der Waals surface area contributed by atoms with Gasteiger partial charge in [0.25, 0.3) is 0 Å². The number of fused-ring (bicyclic) bond motifs is 3. The van der Waals surface area contributed by atoms with Gasteiger partial charge in [0.1, 0.15) is 17.3 Å². The summed E-state index contributed by atoms with van der Waals surface area (Å²) in [6.07, 6.45) is -1.41. The molecule has 0 radical (unpaired) electrons. The van der Waals surface area contributed by atoms with E-state index in [0.717, 1.165) is 0 Å². The van der Waals surface area contributed by atoms with Crippen LogP contribution in [0.5, 0.6) is 0 Å². The number of rotatable bonds is 2. The van der Waals surface area contributed by atoms with Gasteiger partial charge in [-0.3, -0.25) is 4.79 Å². The number of nitrogens with zero attached hydrogens (tertiary/aromatic N) is 2. The highest BCUT2D eigenvalue weighted by Gasteiger charge is 2.63. The Morgan fingerprint density at radius 1 is 0.750 bits per heavy atom. The Hall–Kier alpha value is -1.79. The van der Waals surface area contributed by atoms with E-state index in [9.17, 15) is 4.79 Å². The zero-order valence-electron chi connectivity index (χ0n) is 13.9. The number of carbonyl (C=O) groups is 1. The lowest BCUT2D eigenvalue weighted by molar-refractivity contribution is -0.128. The lowest BCUT2D eigenvalue weighted by Gasteiger charge is -2.16. The van der Waals surface area contributed by atoms with Crippen molar-refractivity contribution in [3.63, 3.8) is 0 Å². The molecule has 1 saturated carbocycles. The molecule has 28 heavy (non-hydrogen) atoms. The van der Waals surface area contributed by atoms with Crippen LogP contribution in [-0.2, 0) is 14.5 Å². The average Bonchev–Trinajstić information content (AvgIpc) is 3.31. The maximum absolute atomic E-state index is 13.1. The van der Waals surface area contributed by atoms with Crippen LogP contribution in [0, 0.1) is 11.8 Å². The summed E-state index contributed by atoms with van der Waals surface area (Å²) in [7, 11) is 0. The fourth-order valence-corrected chi connectivity index (χ4v) is 5.16. The van der Waals surface area contributed by atoms with Crippen molar-refractivity contribution in [1.82, 2.24) is 0 Å². The van der Waals surface area contributed by atoms with Crippen LogP contribution < -0.4 is 0 Å². The lowest BCUT2D eigenvalue weighted by Crippen LogP contribution is -2.30. The largest absolute Gasteiger partial charge is 0.390 e. The summed E-state index contributed by atoms with van der Waals surface area (Å²) in [5, 5.41) is 9.86. The van der Waals surface area contributed by atoms with Crippen LogP contribution in [0.3, 0.4) is 0 Å². The van der Waals surface area contributed by atoms with Crippen LogP contribution in [-0.4, -0.2) is 29.4 Å². The van der Waals surface area contributed by atoms with Crippen molar-refractivity contribution < 1.29 is 14.5 Å². The van der Waals surface area contributed by atoms with E-state index in [2.05, 4.69) is 10.3 Å². The van der Waals surface area contributed by atoms with E-state index in [4.69, 9.17) is 56.1 Å². The predicted molar refractivity (Wildman–Crippen MR) is 108 cm³/mol. The molecular formula is C19H10Cl4N2O3. The summed E-state index contributed by atoms with van der Waals surface area (Å²) in [6.45, 7) is 0. The zero-order chi connectivity index (χ0) is 19.6. The maximum atomic E-state index is 13.1. The Morgan fingerprint density at radius 2 is 1.25 bits per heavy atom. The number of hydrogen-bond acceptors (Lipinski definition) is 5. The Morgan fingerprint density at radius 3 is 1.82 bits per heavy atom. The minimum absolute atomic E-state index is 0.191. The molecule has 0 amide bonds. The van der Waals surface area contributed by atoms with Gasteiger partial charge in [-0.15, -0.1) is 0 Å². The van der Waals surface area contributed by atoms with Crippen molar-refractivity contribution in [3.8, 4) is 0 Å². The Labute approximate surface area is 179 Å². The molecular weight excluding hydrogens is 446 g/mol. The first-order valence-corrected chi connectivity index (χ1v) is 9.90. The quantitative estimate of drug-likeness (QED) is 0.638. The SMILES string of the molecule is O=C1[C@H]2C(c3c(Cl)cccc3Cl)=NO[C@H]2[C@@H]2C(c3c(Cl)cccc3Cl)=NO[C@H]12. The van der Waals surface area contributed by atoms with Crippen LogP contribution in [0.15, 0.2) is 46.7 Å². The maximum Gasteiger partial charge on any atom is 0.198 e. The van der Waals surface area contributed by atoms with E-state index in [0.29, 0.717) is 42.6 Å². The molecule has 9 heteroatoms. The Bertz CT molecular complexity index is 1040. The van der Waals surface area contributed by atoms with Gasteiger partial charge in [0, 0.05) is 11.1 Å². The molecule has 0 saturated heterocycles. The average molecular weight is 456 g/mol. The molecule has 0 bridgehead atoms. The Balaban J connectivity index is 1.56. The molecule has 0 aromatic heterocycles. The topological polar surface area (TPSA) is 60.2 Å². The molecule has 1 aliphatic carbocycles. The number of Topliss-reactive ketones (excluding diaryl/α,β-unsaturated/α-hetero) is 1. The molecule has 2 aromatic rings. The molecule has 142 valence electrons. The van der Waals surface area contributed by atoms with Gasteiger partial charge >= 0.3 is 0 Å². The van der Waals surface area contributed by atoms with E-state index in [1.807, 2.05) is 0 Å². The van der Waals surface area contributed by atoms with E-state index < -0.39 is 24.0 Å². The van der Waals surface area contributed by atoms with Gasteiger partial charge in [-0.1, -0.05) is 68.8 Å². The van der Waals surface area contributed by atoms with E-state index in [1.165, 1.54) is 0 Å². The van der Waals surface area contributed by atoms with Crippen LogP contribution >= 0.6 is 46.4 Å². The zero-order valence-corrected chi connectivity index (χ0v) is 16.9. The smallest absolute Gasteiger partial charge is 0.198 e. The first-order valence-electron chi connectivity index (χ1n) is 8.39. The van der Waals surface area contributed by atoms with Crippen LogP contribution in [0.1, 0.15) is 11.1 Å². The van der Waals surface area contributed by atoms with Crippen molar-refractivity contribution in [1.29, 1.82) is 0 Å². The van der Waals surface area contributed by atoms with Gasteiger partial charge in [0.05, 0.1) is 26.0 Å². The van der Waals surface area contributed by atoms with Gasteiger partial charge in [-0.25, -0.2) is 0 Å². The summed E-state index contributed by atoms with van der Waals surface area (Å²) < 4.78 is 0. The standard InChI is InChI=1S/C19H10Cl4N2O3/c20-7-3-1-4-8(21)11(7)15-13-17(26)19-14(18(13)27-24-15)16(25-28-19)12-9(22)5-2-6-10(12)23/h1-6,13-14,18-19H/t13-,14+,18-,19+/m1/s1. The third-order valence-corrected chi connectivity index (χ3v) is 6.44. The van der Waals surface area contributed by atoms with E-state index >= 15 is 0 Å². The summed E-state index contributed by atoms with van der Waals surface area (Å²) in [5.74, 6) is -1.35. The van der Waals surface area contributed by atoms with Crippen LogP contribution in [0.2, 0.25) is 20.1 Å². The van der Waals surface area contributed by atoms with Crippen molar-refractivity contribution in [2.75, 3.05) is 0 Å². The highest BCUT2D eigenvalue weighted by Crippen LogP contribution is 2.46. The molecule has 2 heterocycles. The van der Waals surface area contributed by atoms with Crippen LogP contribution in [0.4, 0.5) is 0 Å². The van der Waals surface area contributed by atoms with Gasteiger partial charge in [0.15, 0.2) is 18.0 Å². The molecule has 5 nitrogen and oxygen atoms in total. The summed E-state index contributed by atoms with van der Waals surface area (Å²) in [4.78, 5) is 24.3. The fraction of sp³-hybridized carbons (Fsp3) is 0.211. The molecule has 5 rings (SSSR count). The summed E-state index contributed by atoms with van der Waals surface area (Å²) in [5.41, 5.74) is 1.89. The first kappa shape index (κ1) is 18.3. The fourth-order valence-electron chi connectivity index (χ4n) is 3.98. The molecule has 0 N–H and O–H groups in total. The number of benzene rings is 2. The minimum atomic E-state index is -0.802. The molecule has 4 atom stereocenters.